The number of rotatable bonds is 2. The number of amides is 1. The third kappa shape index (κ3) is 2.00. The summed E-state index contributed by atoms with van der Waals surface area (Å²) in [5, 5.41) is 1.35. The number of carbonyl (C=O) groups excluding carboxylic acids is 1. The number of furan rings is 1. The second-order valence-corrected chi connectivity index (χ2v) is 4.86. The van der Waals surface area contributed by atoms with Gasteiger partial charge in [-0.2, -0.15) is 0 Å². The zero-order valence-electron chi connectivity index (χ0n) is 10.4. The lowest BCUT2D eigenvalue weighted by Crippen LogP contribution is -2.11. The molecule has 3 rings (SSSR count). The number of primary amides is 1. The molecule has 1 heterocycles. The number of hydrogen-bond acceptors (Lipinski definition) is 3. The van der Waals surface area contributed by atoms with Gasteiger partial charge in [0.1, 0.15) is 5.58 Å². The summed E-state index contributed by atoms with van der Waals surface area (Å²) < 4.78 is 5.35. The highest BCUT2D eigenvalue weighted by Crippen LogP contribution is 2.32. The molecule has 4 N–H and O–H groups in total. The van der Waals surface area contributed by atoms with Crippen molar-refractivity contribution in [1.82, 2.24) is 0 Å². The van der Waals surface area contributed by atoms with E-state index in [9.17, 15) is 4.79 Å². The second-order valence-electron chi connectivity index (χ2n) is 4.43. The average molecular weight is 287 g/mol. The summed E-state index contributed by atoms with van der Waals surface area (Å²) in [6.45, 7) is 0. The summed E-state index contributed by atoms with van der Waals surface area (Å²) in [4.78, 5) is 11.2. The SMILES string of the molecule is NC(=O)c1oc2ccc(-c3ccc(Cl)cc3)cc2c1N. The molecule has 4 nitrogen and oxygen atoms in total. The van der Waals surface area contributed by atoms with E-state index in [1.165, 1.54) is 0 Å². The summed E-state index contributed by atoms with van der Waals surface area (Å²) in [5.41, 5.74) is 13.9. The largest absolute Gasteiger partial charge is 0.449 e. The van der Waals surface area contributed by atoms with Crippen LogP contribution in [0.4, 0.5) is 5.69 Å². The molecule has 2 aromatic carbocycles. The van der Waals surface area contributed by atoms with Gasteiger partial charge in [0.05, 0.1) is 5.69 Å². The molecule has 0 bridgehead atoms. The Morgan fingerprint density at radius 1 is 1.05 bits per heavy atom. The van der Waals surface area contributed by atoms with Gasteiger partial charge in [-0.1, -0.05) is 29.8 Å². The van der Waals surface area contributed by atoms with Gasteiger partial charge in [-0.15, -0.1) is 0 Å². The highest BCUT2D eigenvalue weighted by Gasteiger charge is 2.16. The Hall–Kier alpha value is -2.46. The lowest BCUT2D eigenvalue weighted by Gasteiger charge is -2.02. The van der Waals surface area contributed by atoms with Gasteiger partial charge in [-0.05, 0) is 35.4 Å². The molecule has 0 aliphatic rings. The maximum atomic E-state index is 11.2. The minimum Gasteiger partial charge on any atom is -0.449 e. The van der Waals surface area contributed by atoms with E-state index in [0.717, 1.165) is 11.1 Å². The van der Waals surface area contributed by atoms with Crippen molar-refractivity contribution >= 4 is 34.2 Å². The van der Waals surface area contributed by atoms with E-state index in [2.05, 4.69) is 0 Å². The fourth-order valence-electron chi connectivity index (χ4n) is 2.12. The van der Waals surface area contributed by atoms with E-state index in [4.69, 9.17) is 27.5 Å². The minimum absolute atomic E-state index is 0.00624. The van der Waals surface area contributed by atoms with E-state index in [0.29, 0.717) is 16.0 Å². The van der Waals surface area contributed by atoms with Gasteiger partial charge in [0.15, 0.2) is 0 Å². The number of halogens is 1. The molecule has 0 fully saturated rings. The Balaban J connectivity index is 2.17. The van der Waals surface area contributed by atoms with E-state index in [1.54, 1.807) is 6.07 Å². The predicted molar refractivity (Wildman–Crippen MR) is 79.6 cm³/mol. The van der Waals surface area contributed by atoms with Crippen LogP contribution in [0.2, 0.25) is 5.02 Å². The molecule has 1 aromatic heterocycles. The Morgan fingerprint density at radius 2 is 1.70 bits per heavy atom. The fraction of sp³-hybridized carbons (Fsp3) is 0. The topological polar surface area (TPSA) is 82.2 Å². The van der Waals surface area contributed by atoms with Gasteiger partial charge in [-0.25, -0.2) is 0 Å². The third-order valence-corrected chi connectivity index (χ3v) is 3.38. The molecule has 0 radical (unpaired) electrons. The fourth-order valence-corrected chi connectivity index (χ4v) is 2.25. The maximum absolute atomic E-state index is 11.2. The summed E-state index contributed by atoms with van der Waals surface area (Å²) in [6.07, 6.45) is 0. The summed E-state index contributed by atoms with van der Waals surface area (Å²) in [7, 11) is 0. The Bertz CT molecular complexity index is 807. The van der Waals surface area contributed by atoms with Crippen molar-refractivity contribution in [2.75, 3.05) is 5.73 Å². The minimum atomic E-state index is -0.674. The van der Waals surface area contributed by atoms with Crippen molar-refractivity contribution in [2.24, 2.45) is 5.73 Å². The summed E-state index contributed by atoms with van der Waals surface area (Å²) >= 11 is 5.87. The Labute approximate surface area is 119 Å². The summed E-state index contributed by atoms with van der Waals surface area (Å²) in [6, 6.07) is 13.0. The van der Waals surface area contributed by atoms with E-state index < -0.39 is 5.91 Å². The molecule has 100 valence electrons. The predicted octanol–water partition coefficient (Wildman–Crippen LogP) is 3.43. The molecule has 0 aliphatic carbocycles. The molecule has 1 amide bonds. The number of benzene rings is 2. The molecule has 3 aromatic rings. The van der Waals surface area contributed by atoms with Gasteiger partial charge in [-0.3, -0.25) is 4.79 Å². The number of anilines is 1. The first-order chi connectivity index (χ1) is 9.56. The highest BCUT2D eigenvalue weighted by atomic mass is 35.5. The average Bonchev–Trinajstić information content (AvgIpc) is 2.77. The van der Waals surface area contributed by atoms with Gasteiger partial charge in [0.2, 0.25) is 5.76 Å². The molecular weight excluding hydrogens is 276 g/mol. The first-order valence-electron chi connectivity index (χ1n) is 5.94. The lowest BCUT2D eigenvalue weighted by molar-refractivity contribution is 0.0977. The van der Waals surface area contributed by atoms with Crippen molar-refractivity contribution < 1.29 is 9.21 Å². The first-order valence-corrected chi connectivity index (χ1v) is 6.32. The second kappa shape index (κ2) is 4.58. The molecule has 0 saturated heterocycles. The van der Waals surface area contributed by atoms with Crippen LogP contribution in [0.5, 0.6) is 0 Å². The zero-order valence-corrected chi connectivity index (χ0v) is 11.1. The van der Waals surface area contributed by atoms with Crippen LogP contribution in [0.1, 0.15) is 10.6 Å². The smallest absolute Gasteiger partial charge is 0.286 e. The van der Waals surface area contributed by atoms with Crippen LogP contribution in [-0.2, 0) is 0 Å². The van der Waals surface area contributed by atoms with E-state index in [-0.39, 0.29) is 11.4 Å². The zero-order chi connectivity index (χ0) is 14.3. The van der Waals surface area contributed by atoms with Gasteiger partial charge < -0.3 is 15.9 Å². The van der Waals surface area contributed by atoms with Crippen molar-refractivity contribution in [3.8, 4) is 11.1 Å². The van der Waals surface area contributed by atoms with Crippen molar-refractivity contribution in [1.29, 1.82) is 0 Å². The van der Waals surface area contributed by atoms with Crippen LogP contribution in [0, 0.1) is 0 Å². The van der Waals surface area contributed by atoms with Gasteiger partial charge >= 0.3 is 0 Å². The summed E-state index contributed by atoms with van der Waals surface area (Å²) in [5.74, 6) is -0.681. The van der Waals surface area contributed by atoms with Gasteiger partial charge in [0, 0.05) is 10.4 Å². The number of hydrogen-bond donors (Lipinski definition) is 2. The molecular formula is C15H11ClN2O2. The number of fused-ring (bicyclic) bond motifs is 1. The Kier molecular flexibility index (Phi) is 2.88. The van der Waals surface area contributed by atoms with Crippen molar-refractivity contribution in [2.45, 2.75) is 0 Å². The normalized spacial score (nSPS) is 10.8. The van der Waals surface area contributed by atoms with E-state index in [1.807, 2.05) is 36.4 Å². The highest BCUT2D eigenvalue weighted by molar-refractivity contribution is 6.30. The molecule has 0 aliphatic heterocycles. The lowest BCUT2D eigenvalue weighted by atomic mass is 10.0. The van der Waals surface area contributed by atoms with Crippen molar-refractivity contribution in [3.05, 3.63) is 53.2 Å². The molecule has 0 unspecified atom stereocenters. The van der Waals surface area contributed by atoms with Crippen molar-refractivity contribution in [3.63, 3.8) is 0 Å². The van der Waals surface area contributed by atoms with E-state index >= 15 is 0 Å². The molecule has 0 atom stereocenters. The van der Waals surface area contributed by atoms with Crippen LogP contribution in [0.3, 0.4) is 0 Å². The third-order valence-electron chi connectivity index (χ3n) is 3.13. The van der Waals surface area contributed by atoms with Crippen LogP contribution in [0.25, 0.3) is 22.1 Å². The number of carbonyl (C=O) groups is 1. The van der Waals surface area contributed by atoms with Crippen LogP contribution in [0.15, 0.2) is 46.9 Å². The standard InChI is InChI=1S/C15H11ClN2O2/c16-10-4-1-8(2-5-10)9-3-6-12-11(7-9)13(17)14(20-12)15(18)19/h1-7H,17H2,(H2,18,19). The van der Waals surface area contributed by atoms with Crippen LogP contribution < -0.4 is 11.5 Å². The number of nitrogens with two attached hydrogens (primary N) is 2. The monoisotopic (exact) mass is 286 g/mol. The van der Waals surface area contributed by atoms with Gasteiger partial charge in [0.25, 0.3) is 5.91 Å². The maximum Gasteiger partial charge on any atom is 0.286 e. The molecule has 0 spiro atoms. The quantitative estimate of drug-likeness (QED) is 0.757. The van der Waals surface area contributed by atoms with Crippen LogP contribution in [-0.4, -0.2) is 5.91 Å². The molecule has 20 heavy (non-hydrogen) atoms. The molecule has 0 saturated carbocycles. The van der Waals surface area contributed by atoms with Crippen LogP contribution >= 0.6 is 11.6 Å². The Morgan fingerprint density at radius 3 is 2.35 bits per heavy atom. The number of nitrogen functional groups attached to an aromatic ring is 1. The first kappa shape index (κ1) is 12.6. The molecule has 5 heteroatoms.